The maximum absolute atomic E-state index is 12.1. The van der Waals surface area contributed by atoms with Crippen LogP contribution < -0.4 is 14.8 Å². The Morgan fingerprint density at radius 3 is 2.88 bits per heavy atom. The van der Waals surface area contributed by atoms with Crippen molar-refractivity contribution in [1.29, 1.82) is 0 Å². The third kappa shape index (κ3) is 2.03. The van der Waals surface area contributed by atoms with E-state index in [1.807, 2.05) is 0 Å². The van der Waals surface area contributed by atoms with Gasteiger partial charge in [0.25, 0.3) is 0 Å². The molecule has 2 heterocycles. The van der Waals surface area contributed by atoms with Gasteiger partial charge in [-0.05, 0) is 23.8 Å². The van der Waals surface area contributed by atoms with Crippen LogP contribution in [0.1, 0.15) is 5.56 Å². The lowest BCUT2D eigenvalue weighted by atomic mass is 10.2. The molecular weight excluding hydrogens is 240 g/mol. The highest BCUT2D eigenvalue weighted by Crippen LogP contribution is 2.27. The first-order valence-electron chi connectivity index (χ1n) is 5.64. The zero-order valence-electron chi connectivity index (χ0n) is 9.27. The zero-order chi connectivity index (χ0) is 11.9. The standard InChI is InChI=1S/C11H14N2O3S/c14-17(15,13-9-6-12-7-9)10-1-2-11-8(5-10)3-4-16-11/h1-2,5,9,12-13H,3-4,6-7H2. The Kier molecular flexibility index (Phi) is 2.57. The van der Waals surface area contributed by atoms with Crippen LogP contribution in [-0.2, 0) is 16.4 Å². The van der Waals surface area contributed by atoms with Gasteiger partial charge < -0.3 is 10.1 Å². The van der Waals surface area contributed by atoms with Gasteiger partial charge in [0.1, 0.15) is 5.75 Å². The number of hydrogen-bond donors (Lipinski definition) is 2. The Balaban J connectivity index is 1.87. The fourth-order valence-corrected chi connectivity index (χ4v) is 3.28. The highest BCUT2D eigenvalue weighted by molar-refractivity contribution is 7.89. The summed E-state index contributed by atoms with van der Waals surface area (Å²) in [5, 5.41) is 3.03. The summed E-state index contributed by atoms with van der Waals surface area (Å²) in [6, 6.07) is 5.05. The lowest BCUT2D eigenvalue weighted by Crippen LogP contribution is -2.56. The minimum Gasteiger partial charge on any atom is -0.493 e. The molecule has 0 bridgehead atoms. The van der Waals surface area contributed by atoms with Crippen LogP contribution in [0.25, 0.3) is 0 Å². The molecule has 2 aliphatic rings. The normalized spacial score (nSPS) is 19.5. The molecule has 0 saturated carbocycles. The van der Waals surface area contributed by atoms with E-state index in [2.05, 4.69) is 10.0 Å². The Labute approximate surface area is 100 Å². The minimum absolute atomic E-state index is 0.0181. The number of fused-ring (bicyclic) bond motifs is 1. The van der Waals surface area contributed by atoms with Crippen LogP contribution in [-0.4, -0.2) is 34.2 Å². The minimum atomic E-state index is -3.39. The fraction of sp³-hybridized carbons (Fsp3) is 0.455. The highest BCUT2D eigenvalue weighted by Gasteiger charge is 2.25. The van der Waals surface area contributed by atoms with Crippen LogP contribution in [0.15, 0.2) is 23.1 Å². The number of hydrogen-bond acceptors (Lipinski definition) is 4. The molecule has 0 atom stereocenters. The van der Waals surface area contributed by atoms with Gasteiger partial charge in [0.05, 0.1) is 11.5 Å². The number of sulfonamides is 1. The SMILES string of the molecule is O=S(=O)(NC1CNC1)c1ccc2c(c1)CCO2. The molecule has 0 amide bonds. The molecular formula is C11H14N2O3S. The molecule has 6 heteroatoms. The molecule has 92 valence electrons. The first-order valence-corrected chi connectivity index (χ1v) is 7.12. The molecule has 3 rings (SSSR count). The maximum atomic E-state index is 12.1. The van der Waals surface area contributed by atoms with E-state index in [-0.39, 0.29) is 6.04 Å². The molecule has 0 unspecified atom stereocenters. The van der Waals surface area contributed by atoms with Crippen molar-refractivity contribution in [3.63, 3.8) is 0 Å². The third-order valence-electron chi connectivity index (χ3n) is 3.07. The molecule has 0 aromatic heterocycles. The average molecular weight is 254 g/mol. The van der Waals surface area contributed by atoms with Crippen molar-refractivity contribution >= 4 is 10.0 Å². The second-order valence-electron chi connectivity index (χ2n) is 4.34. The molecule has 1 saturated heterocycles. The Morgan fingerprint density at radius 2 is 2.18 bits per heavy atom. The van der Waals surface area contributed by atoms with Gasteiger partial charge >= 0.3 is 0 Å². The van der Waals surface area contributed by atoms with Crippen molar-refractivity contribution in [2.24, 2.45) is 0 Å². The summed E-state index contributed by atoms with van der Waals surface area (Å²) in [7, 11) is -3.39. The zero-order valence-corrected chi connectivity index (χ0v) is 10.1. The summed E-state index contributed by atoms with van der Waals surface area (Å²) in [4.78, 5) is 0.327. The molecule has 1 fully saturated rings. The van der Waals surface area contributed by atoms with E-state index in [1.54, 1.807) is 18.2 Å². The number of rotatable bonds is 3. The Bertz CT molecular complexity index is 538. The highest BCUT2D eigenvalue weighted by atomic mass is 32.2. The first-order chi connectivity index (χ1) is 8.15. The van der Waals surface area contributed by atoms with E-state index in [1.165, 1.54) is 0 Å². The Hall–Kier alpha value is -1.11. The summed E-state index contributed by atoms with van der Waals surface area (Å²) < 4.78 is 32.1. The van der Waals surface area contributed by atoms with E-state index in [0.29, 0.717) is 24.6 Å². The largest absolute Gasteiger partial charge is 0.493 e. The molecule has 2 N–H and O–H groups in total. The monoisotopic (exact) mass is 254 g/mol. The molecule has 0 spiro atoms. The molecule has 1 aromatic carbocycles. The lowest BCUT2D eigenvalue weighted by Gasteiger charge is -2.27. The third-order valence-corrected chi connectivity index (χ3v) is 4.59. The molecule has 1 aromatic rings. The van der Waals surface area contributed by atoms with Crippen LogP contribution in [0.3, 0.4) is 0 Å². The second kappa shape index (κ2) is 3.97. The van der Waals surface area contributed by atoms with Crippen molar-refractivity contribution in [3.8, 4) is 5.75 Å². The van der Waals surface area contributed by atoms with Crippen LogP contribution in [0.2, 0.25) is 0 Å². The maximum Gasteiger partial charge on any atom is 0.240 e. The summed E-state index contributed by atoms with van der Waals surface area (Å²) in [6.07, 6.45) is 0.781. The molecule has 5 nitrogen and oxygen atoms in total. The van der Waals surface area contributed by atoms with Crippen molar-refractivity contribution in [2.45, 2.75) is 17.4 Å². The van der Waals surface area contributed by atoms with Gasteiger partial charge in [-0.25, -0.2) is 13.1 Å². The van der Waals surface area contributed by atoms with Crippen molar-refractivity contribution in [1.82, 2.24) is 10.0 Å². The second-order valence-corrected chi connectivity index (χ2v) is 6.06. The summed E-state index contributed by atoms with van der Waals surface area (Å²) in [5.74, 6) is 0.800. The van der Waals surface area contributed by atoms with Gasteiger partial charge in [0.2, 0.25) is 10.0 Å². The van der Waals surface area contributed by atoms with Crippen LogP contribution >= 0.6 is 0 Å². The van der Waals surface area contributed by atoms with Crippen molar-refractivity contribution in [3.05, 3.63) is 23.8 Å². The number of ether oxygens (including phenoxy) is 1. The summed E-state index contributed by atoms with van der Waals surface area (Å²) in [6.45, 7) is 2.04. The number of benzene rings is 1. The van der Waals surface area contributed by atoms with Gasteiger partial charge in [-0.1, -0.05) is 0 Å². The van der Waals surface area contributed by atoms with Crippen LogP contribution in [0, 0.1) is 0 Å². The fourth-order valence-electron chi connectivity index (χ4n) is 1.99. The molecule has 0 aliphatic carbocycles. The predicted octanol–water partition coefficient (Wildman–Crippen LogP) is -0.128. The molecule has 2 aliphatic heterocycles. The Morgan fingerprint density at radius 1 is 1.35 bits per heavy atom. The summed E-state index contributed by atoms with van der Waals surface area (Å²) >= 11 is 0. The summed E-state index contributed by atoms with van der Waals surface area (Å²) in [5.41, 5.74) is 0.972. The lowest BCUT2D eigenvalue weighted by molar-refractivity contribution is 0.356. The topological polar surface area (TPSA) is 67.4 Å². The van der Waals surface area contributed by atoms with E-state index < -0.39 is 10.0 Å². The quantitative estimate of drug-likeness (QED) is 0.788. The van der Waals surface area contributed by atoms with Crippen LogP contribution in [0.5, 0.6) is 5.75 Å². The molecule has 17 heavy (non-hydrogen) atoms. The predicted molar refractivity (Wildman–Crippen MR) is 62.6 cm³/mol. The van der Waals surface area contributed by atoms with E-state index in [4.69, 9.17) is 4.74 Å². The average Bonchev–Trinajstić information content (AvgIpc) is 2.70. The number of nitrogens with one attached hydrogen (secondary N) is 2. The smallest absolute Gasteiger partial charge is 0.240 e. The van der Waals surface area contributed by atoms with Gasteiger partial charge in [-0.15, -0.1) is 0 Å². The van der Waals surface area contributed by atoms with Gasteiger partial charge in [0, 0.05) is 25.6 Å². The van der Waals surface area contributed by atoms with Gasteiger partial charge in [-0.3, -0.25) is 0 Å². The van der Waals surface area contributed by atoms with Crippen molar-refractivity contribution < 1.29 is 13.2 Å². The van der Waals surface area contributed by atoms with Gasteiger partial charge in [0.15, 0.2) is 0 Å². The van der Waals surface area contributed by atoms with Gasteiger partial charge in [-0.2, -0.15) is 0 Å². The van der Waals surface area contributed by atoms with E-state index >= 15 is 0 Å². The van der Waals surface area contributed by atoms with Crippen LogP contribution in [0.4, 0.5) is 0 Å². The van der Waals surface area contributed by atoms with Crippen molar-refractivity contribution in [2.75, 3.05) is 19.7 Å². The van der Waals surface area contributed by atoms with E-state index in [0.717, 1.165) is 17.7 Å². The van der Waals surface area contributed by atoms with E-state index in [9.17, 15) is 8.42 Å². The molecule has 0 radical (unpaired) electrons. The first kappa shape index (κ1) is 11.0.